The first-order valence-electron chi connectivity index (χ1n) is 8.45. The maximum absolute atomic E-state index is 12.5. The number of fused-ring (bicyclic) bond motifs is 1. The fraction of sp³-hybridized carbons (Fsp3) is 0.389. The molecule has 6 nitrogen and oxygen atoms in total. The van der Waals surface area contributed by atoms with E-state index in [9.17, 15) is 4.79 Å². The van der Waals surface area contributed by atoms with Crippen molar-refractivity contribution in [1.29, 1.82) is 0 Å². The zero-order valence-corrected chi connectivity index (χ0v) is 15.1. The Morgan fingerprint density at radius 2 is 2.00 bits per heavy atom. The number of nitrogens with one attached hydrogen (secondary N) is 1. The normalized spacial score (nSPS) is 15.7. The van der Waals surface area contributed by atoms with E-state index in [1.807, 2.05) is 38.1 Å². The lowest BCUT2D eigenvalue weighted by Crippen LogP contribution is -2.38. The van der Waals surface area contributed by atoms with E-state index in [0.717, 1.165) is 47.6 Å². The van der Waals surface area contributed by atoms with E-state index >= 15 is 0 Å². The van der Waals surface area contributed by atoms with Gasteiger partial charge in [0.05, 0.1) is 5.69 Å². The topological polar surface area (TPSA) is 71.3 Å². The predicted molar refractivity (Wildman–Crippen MR) is 99.2 cm³/mol. The lowest BCUT2D eigenvalue weighted by Gasteiger charge is -2.29. The second kappa shape index (κ2) is 6.48. The summed E-state index contributed by atoms with van der Waals surface area (Å²) in [6.07, 6.45) is 1.57. The van der Waals surface area contributed by atoms with Crippen LogP contribution in [0.25, 0.3) is 11.1 Å². The Bertz CT molecular complexity index is 856. The van der Waals surface area contributed by atoms with Crippen LogP contribution in [0.15, 0.2) is 28.7 Å². The quantitative estimate of drug-likeness (QED) is 0.774. The van der Waals surface area contributed by atoms with Crippen molar-refractivity contribution in [1.82, 2.24) is 9.97 Å². The van der Waals surface area contributed by atoms with Crippen LogP contribution >= 0.6 is 11.3 Å². The SMILES string of the molecule is Cc1nc(NC(=O)C2CCN(c3nc4ccccc4o3)CC2)sc1C. The molecule has 25 heavy (non-hydrogen) atoms. The average molecular weight is 356 g/mol. The summed E-state index contributed by atoms with van der Waals surface area (Å²) in [6, 6.07) is 8.40. The van der Waals surface area contributed by atoms with Gasteiger partial charge in [0.2, 0.25) is 5.91 Å². The van der Waals surface area contributed by atoms with Gasteiger partial charge < -0.3 is 14.6 Å². The van der Waals surface area contributed by atoms with E-state index in [4.69, 9.17) is 4.42 Å². The van der Waals surface area contributed by atoms with Crippen molar-refractivity contribution in [3.05, 3.63) is 34.8 Å². The van der Waals surface area contributed by atoms with Gasteiger partial charge in [0.1, 0.15) is 5.52 Å². The molecule has 0 unspecified atom stereocenters. The second-order valence-corrected chi connectivity index (χ2v) is 7.58. The standard InChI is InChI=1S/C18H20N4O2S/c1-11-12(2)25-17(19-11)21-16(23)13-7-9-22(10-8-13)18-20-14-5-3-4-6-15(14)24-18/h3-6,13H,7-10H2,1-2H3,(H,19,21,23). The number of carbonyl (C=O) groups excluding carboxylic acids is 1. The molecular weight excluding hydrogens is 336 g/mol. The zero-order valence-electron chi connectivity index (χ0n) is 14.3. The molecule has 1 amide bonds. The fourth-order valence-electron chi connectivity index (χ4n) is 3.06. The molecule has 130 valence electrons. The summed E-state index contributed by atoms with van der Waals surface area (Å²) in [6.45, 7) is 5.50. The molecule has 0 bridgehead atoms. The van der Waals surface area contributed by atoms with Gasteiger partial charge in [-0.1, -0.05) is 12.1 Å². The predicted octanol–water partition coefficient (Wildman–Crippen LogP) is 3.76. The van der Waals surface area contributed by atoms with Gasteiger partial charge in [-0.25, -0.2) is 4.98 Å². The van der Waals surface area contributed by atoms with E-state index < -0.39 is 0 Å². The van der Waals surface area contributed by atoms with Crippen LogP contribution in [0.2, 0.25) is 0 Å². The Morgan fingerprint density at radius 3 is 2.68 bits per heavy atom. The number of hydrogen-bond acceptors (Lipinski definition) is 6. The molecule has 1 aromatic carbocycles. The van der Waals surface area contributed by atoms with E-state index in [1.165, 1.54) is 11.3 Å². The summed E-state index contributed by atoms with van der Waals surface area (Å²) < 4.78 is 5.82. The van der Waals surface area contributed by atoms with E-state index in [0.29, 0.717) is 11.1 Å². The Hall–Kier alpha value is -2.41. The molecule has 1 N–H and O–H groups in total. The molecule has 1 aliphatic heterocycles. The second-order valence-electron chi connectivity index (χ2n) is 6.38. The number of amides is 1. The number of carbonyl (C=O) groups is 1. The van der Waals surface area contributed by atoms with Gasteiger partial charge in [-0.3, -0.25) is 4.79 Å². The molecule has 0 radical (unpaired) electrons. The van der Waals surface area contributed by atoms with Crippen LogP contribution in [-0.2, 0) is 4.79 Å². The Balaban J connectivity index is 1.38. The van der Waals surface area contributed by atoms with Gasteiger partial charge in [0, 0.05) is 23.9 Å². The van der Waals surface area contributed by atoms with Crippen molar-refractivity contribution >= 4 is 39.5 Å². The first kappa shape index (κ1) is 16.1. The highest BCUT2D eigenvalue weighted by atomic mass is 32.1. The number of rotatable bonds is 3. The molecule has 4 rings (SSSR count). The molecule has 7 heteroatoms. The molecule has 2 aromatic heterocycles. The van der Waals surface area contributed by atoms with Crippen molar-refractivity contribution in [2.24, 2.45) is 5.92 Å². The summed E-state index contributed by atoms with van der Waals surface area (Å²) in [5.41, 5.74) is 2.64. The van der Waals surface area contributed by atoms with Crippen LogP contribution < -0.4 is 10.2 Å². The van der Waals surface area contributed by atoms with E-state index in [1.54, 1.807) is 0 Å². The van der Waals surface area contributed by atoms with Gasteiger partial charge in [-0.15, -0.1) is 11.3 Å². The number of para-hydroxylation sites is 2. The molecule has 0 atom stereocenters. The minimum atomic E-state index is 0.00476. The minimum Gasteiger partial charge on any atom is -0.423 e. The van der Waals surface area contributed by atoms with Crippen LogP contribution in [-0.4, -0.2) is 29.0 Å². The van der Waals surface area contributed by atoms with Crippen molar-refractivity contribution in [2.45, 2.75) is 26.7 Å². The van der Waals surface area contributed by atoms with Crippen LogP contribution in [0, 0.1) is 19.8 Å². The molecule has 1 fully saturated rings. The number of aryl methyl sites for hydroxylation is 2. The lowest BCUT2D eigenvalue weighted by atomic mass is 9.96. The first-order chi connectivity index (χ1) is 12.1. The third-order valence-electron chi connectivity index (χ3n) is 4.68. The summed E-state index contributed by atoms with van der Waals surface area (Å²) in [5.74, 6) is 0.0658. The zero-order chi connectivity index (χ0) is 17.4. The maximum Gasteiger partial charge on any atom is 0.298 e. The summed E-state index contributed by atoms with van der Waals surface area (Å²) in [5, 5.41) is 3.66. The molecular formula is C18H20N4O2S. The summed E-state index contributed by atoms with van der Waals surface area (Å²) in [7, 11) is 0. The Kier molecular flexibility index (Phi) is 4.17. The number of aromatic nitrogens is 2. The molecule has 0 saturated carbocycles. The molecule has 3 heterocycles. The van der Waals surface area contributed by atoms with E-state index in [2.05, 4.69) is 20.2 Å². The Labute approximate surface area is 149 Å². The maximum atomic E-state index is 12.5. The number of anilines is 2. The molecule has 0 aliphatic carbocycles. The summed E-state index contributed by atoms with van der Waals surface area (Å²) in [4.78, 5) is 24.6. The van der Waals surface area contributed by atoms with Gasteiger partial charge in [0.25, 0.3) is 6.01 Å². The third kappa shape index (κ3) is 3.24. The summed E-state index contributed by atoms with van der Waals surface area (Å²) >= 11 is 1.53. The lowest BCUT2D eigenvalue weighted by molar-refractivity contribution is -0.120. The van der Waals surface area contributed by atoms with Crippen molar-refractivity contribution in [3.63, 3.8) is 0 Å². The van der Waals surface area contributed by atoms with Crippen LogP contribution in [0.4, 0.5) is 11.1 Å². The number of piperidine rings is 1. The first-order valence-corrected chi connectivity index (χ1v) is 9.27. The number of thiazole rings is 1. The molecule has 1 saturated heterocycles. The number of nitrogens with zero attached hydrogens (tertiary/aromatic N) is 3. The smallest absolute Gasteiger partial charge is 0.298 e. The highest BCUT2D eigenvalue weighted by Crippen LogP contribution is 2.28. The van der Waals surface area contributed by atoms with Crippen molar-refractivity contribution < 1.29 is 9.21 Å². The van der Waals surface area contributed by atoms with Crippen LogP contribution in [0.1, 0.15) is 23.4 Å². The fourth-order valence-corrected chi connectivity index (χ4v) is 3.88. The number of oxazole rings is 1. The monoisotopic (exact) mass is 356 g/mol. The Morgan fingerprint density at radius 1 is 1.24 bits per heavy atom. The average Bonchev–Trinajstić information content (AvgIpc) is 3.18. The van der Waals surface area contributed by atoms with Gasteiger partial charge >= 0.3 is 0 Å². The highest BCUT2D eigenvalue weighted by molar-refractivity contribution is 7.15. The molecule has 0 spiro atoms. The highest BCUT2D eigenvalue weighted by Gasteiger charge is 2.27. The minimum absolute atomic E-state index is 0.00476. The molecule has 1 aliphatic rings. The largest absolute Gasteiger partial charge is 0.423 e. The van der Waals surface area contributed by atoms with Gasteiger partial charge in [-0.2, -0.15) is 4.98 Å². The molecule has 3 aromatic rings. The van der Waals surface area contributed by atoms with Gasteiger partial charge in [0.15, 0.2) is 10.7 Å². The van der Waals surface area contributed by atoms with Crippen molar-refractivity contribution in [3.8, 4) is 0 Å². The third-order valence-corrected chi connectivity index (χ3v) is 5.67. The van der Waals surface area contributed by atoms with Crippen LogP contribution in [0.3, 0.4) is 0 Å². The van der Waals surface area contributed by atoms with Crippen LogP contribution in [0.5, 0.6) is 0 Å². The van der Waals surface area contributed by atoms with Crippen molar-refractivity contribution in [2.75, 3.05) is 23.3 Å². The number of benzene rings is 1. The van der Waals surface area contributed by atoms with E-state index in [-0.39, 0.29) is 11.8 Å². The van der Waals surface area contributed by atoms with Gasteiger partial charge in [-0.05, 0) is 38.8 Å². The number of hydrogen-bond donors (Lipinski definition) is 1.